The van der Waals surface area contributed by atoms with E-state index in [0.717, 1.165) is 6.07 Å². The van der Waals surface area contributed by atoms with Crippen LogP contribution in [0.15, 0.2) is 48.5 Å². The number of aromatic hydroxyl groups is 2. The van der Waals surface area contributed by atoms with Crippen LogP contribution in [0.5, 0.6) is 11.5 Å². The molecule has 0 spiro atoms. The molecule has 0 fully saturated rings. The first-order valence-corrected chi connectivity index (χ1v) is 6.05. The maximum atomic E-state index is 12.0. The third-order valence-corrected chi connectivity index (χ3v) is 2.81. The highest BCUT2D eigenvalue weighted by Gasteiger charge is 2.12. The molecule has 2 aromatic carbocycles. The van der Waals surface area contributed by atoms with Crippen molar-refractivity contribution in [3.8, 4) is 11.5 Å². The van der Waals surface area contributed by atoms with Gasteiger partial charge >= 0.3 is 5.97 Å². The normalized spacial score (nSPS) is 10.7. The highest BCUT2D eigenvalue weighted by Crippen LogP contribution is 2.19. The van der Waals surface area contributed by atoms with Gasteiger partial charge in [-0.3, -0.25) is 4.79 Å². The Morgan fingerprint density at radius 1 is 1.00 bits per heavy atom. The van der Waals surface area contributed by atoms with E-state index >= 15 is 0 Å². The molecule has 0 saturated heterocycles. The van der Waals surface area contributed by atoms with Gasteiger partial charge in [0.2, 0.25) is 0 Å². The summed E-state index contributed by atoms with van der Waals surface area (Å²) in [6.07, 6.45) is 2.78. The van der Waals surface area contributed by atoms with Crippen LogP contribution in [0.3, 0.4) is 0 Å². The topological polar surface area (TPSA) is 94.8 Å². The van der Waals surface area contributed by atoms with Gasteiger partial charge in [0.05, 0.1) is 0 Å². The lowest BCUT2D eigenvalue weighted by molar-refractivity contribution is 0.0693. The lowest BCUT2D eigenvalue weighted by atomic mass is 10.0. The molecule has 0 aromatic heterocycles. The number of hydrogen-bond acceptors (Lipinski definition) is 4. The number of carboxylic acid groups (broad SMARTS) is 1. The molecule has 0 heterocycles. The van der Waals surface area contributed by atoms with Crippen molar-refractivity contribution in [3.05, 3.63) is 65.2 Å². The monoisotopic (exact) mass is 284 g/mol. The summed E-state index contributed by atoms with van der Waals surface area (Å²) in [6, 6.07) is 9.98. The maximum Gasteiger partial charge on any atom is 0.339 e. The number of ketones is 1. The number of benzene rings is 2. The highest BCUT2D eigenvalue weighted by molar-refractivity contribution is 6.08. The van der Waals surface area contributed by atoms with E-state index in [1.807, 2.05) is 0 Å². The molecule has 0 aliphatic carbocycles. The second-order valence-corrected chi connectivity index (χ2v) is 4.33. The molecular weight excluding hydrogens is 272 g/mol. The molecule has 0 saturated carbocycles. The summed E-state index contributed by atoms with van der Waals surface area (Å²) in [6.45, 7) is 0. The Kier molecular flexibility index (Phi) is 4.04. The fourth-order valence-corrected chi connectivity index (χ4v) is 1.76. The summed E-state index contributed by atoms with van der Waals surface area (Å²) in [7, 11) is 0. The maximum absolute atomic E-state index is 12.0. The number of carboxylic acids is 1. The molecule has 0 unspecified atom stereocenters. The average Bonchev–Trinajstić information content (AvgIpc) is 2.45. The first kappa shape index (κ1) is 14.3. The molecule has 0 radical (unpaired) electrons. The van der Waals surface area contributed by atoms with Gasteiger partial charge in [0.25, 0.3) is 0 Å². The van der Waals surface area contributed by atoms with Crippen molar-refractivity contribution in [2.45, 2.75) is 0 Å². The van der Waals surface area contributed by atoms with Crippen LogP contribution in [0.25, 0.3) is 6.08 Å². The smallest absolute Gasteiger partial charge is 0.339 e. The standard InChI is InChI=1S/C16H12O5/c17-12-3-1-2-10(8-12)4-6-14(18)11-5-7-15(19)13(9-11)16(20)21/h1-9,17,19H,(H,20,21). The summed E-state index contributed by atoms with van der Waals surface area (Å²) in [5, 5.41) is 27.6. The average molecular weight is 284 g/mol. The number of carbonyl (C=O) groups excluding carboxylic acids is 1. The fraction of sp³-hybridized carbons (Fsp3) is 0. The van der Waals surface area contributed by atoms with Gasteiger partial charge in [-0.2, -0.15) is 0 Å². The van der Waals surface area contributed by atoms with Crippen molar-refractivity contribution in [1.29, 1.82) is 0 Å². The van der Waals surface area contributed by atoms with Gasteiger partial charge in [0.15, 0.2) is 5.78 Å². The lowest BCUT2D eigenvalue weighted by Gasteiger charge is -2.02. The van der Waals surface area contributed by atoms with Crippen molar-refractivity contribution >= 4 is 17.8 Å². The Balaban J connectivity index is 2.25. The summed E-state index contributed by atoms with van der Waals surface area (Å²) < 4.78 is 0. The van der Waals surface area contributed by atoms with E-state index in [4.69, 9.17) is 5.11 Å². The molecule has 5 nitrogen and oxygen atoms in total. The van der Waals surface area contributed by atoms with Crippen LogP contribution in [0.1, 0.15) is 26.3 Å². The van der Waals surface area contributed by atoms with Crippen LogP contribution in [0, 0.1) is 0 Å². The molecule has 0 aliphatic heterocycles. The molecule has 0 aliphatic rings. The summed E-state index contributed by atoms with van der Waals surface area (Å²) in [5.41, 5.74) is 0.466. The number of hydrogen-bond donors (Lipinski definition) is 3. The third kappa shape index (κ3) is 3.48. The molecule has 21 heavy (non-hydrogen) atoms. The Bertz CT molecular complexity index is 731. The van der Waals surface area contributed by atoms with Crippen LogP contribution in [-0.4, -0.2) is 27.1 Å². The highest BCUT2D eigenvalue weighted by atomic mass is 16.4. The zero-order valence-corrected chi connectivity index (χ0v) is 10.9. The zero-order chi connectivity index (χ0) is 15.4. The van der Waals surface area contributed by atoms with Gasteiger partial charge in [0, 0.05) is 5.56 Å². The lowest BCUT2D eigenvalue weighted by Crippen LogP contribution is -2.01. The van der Waals surface area contributed by atoms with Crippen molar-refractivity contribution in [1.82, 2.24) is 0 Å². The van der Waals surface area contributed by atoms with E-state index in [-0.39, 0.29) is 16.9 Å². The molecule has 0 bridgehead atoms. The summed E-state index contributed by atoms with van der Waals surface area (Å²) >= 11 is 0. The number of phenols is 2. The molecule has 2 rings (SSSR count). The van der Waals surface area contributed by atoms with Crippen LogP contribution < -0.4 is 0 Å². The Morgan fingerprint density at radius 2 is 1.76 bits per heavy atom. The number of rotatable bonds is 4. The van der Waals surface area contributed by atoms with Crippen molar-refractivity contribution < 1.29 is 24.9 Å². The summed E-state index contributed by atoms with van der Waals surface area (Å²) in [5.74, 6) is -2.02. The zero-order valence-electron chi connectivity index (χ0n) is 10.9. The van der Waals surface area contributed by atoms with E-state index in [9.17, 15) is 19.8 Å². The minimum absolute atomic E-state index is 0.0856. The minimum atomic E-state index is -1.31. The molecule has 0 amide bonds. The Hall–Kier alpha value is -3.08. The molecule has 0 atom stereocenters. The SMILES string of the molecule is O=C(C=Cc1cccc(O)c1)c1ccc(O)c(C(=O)O)c1. The Morgan fingerprint density at radius 3 is 2.43 bits per heavy atom. The minimum Gasteiger partial charge on any atom is -0.508 e. The van der Waals surface area contributed by atoms with E-state index in [0.29, 0.717) is 5.56 Å². The molecular formula is C16H12O5. The fourth-order valence-electron chi connectivity index (χ4n) is 1.76. The van der Waals surface area contributed by atoms with E-state index in [1.54, 1.807) is 12.1 Å². The number of phenolic OH excluding ortho intramolecular Hbond substituents is 1. The molecule has 5 heteroatoms. The van der Waals surface area contributed by atoms with Crippen molar-refractivity contribution in [2.24, 2.45) is 0 Å². The summed E-state index contributed by atoms with van der Waals surface area (Å²) in [4.78, 5) is 22.9. The van der Waals surface area contributed by atoms with Gasteiger partial charge < -0.3 is 15.3 Å². The second kappa shape index (κ2) is 5.92. The van der Waals surface area contributed by atoms with Crippen LogP contribution in [-0.2, 0) is 0 Å². The number of carbonyl (C=O) groups is 2. The van der Waals surface area contributed by atoms with Crippen LogP contribution in [0.4, 0.5) is 0 Å². The van der Waals surface area contributed by atoms with E-state index in [1.165, 1.54) is 36.4 Å². The Labute approximate surface area is 120 Å². The number of aromatic carboxylic acids is 1. The van der Waals surface area contributed by atoms with Gasteiger partial charge in [0.1, 0.15) is 17.1 Å². The first-order chi connectivity index (χ1) is 9.97. The van der Waals surface area contributed by atoms with Crippen LogP contribution >= 0.6 is 0 Å². The van der Waals surface area contributed by atoms with Crippen molar-refractivity contribution in [3.63, 3.8) is 0 Å². The number of allylic oxidation sites excluding steroid dienone is 1. The van der Waals surface area contributed by atoms with Crippen molar-refractivity contribution in [2.75, 3.05) is 0 Å². The van der Waals surface area contributed by atoms with Gasteiger partial charge in [-0.05, 0) is 42.0 Å². The van der Waals surface area contributed by atoms with E-state index < -0.39 is 17.5 Å². The molecule has 3 N–H and O–H groups in total. The van der Waals surface area contributed by atoms with E-state index in [2.05, 4.69) is 0 Å². The second-order valence-electron chi connectivity index (χ2n) is 4.33. The largest absolute Gasteiger partial charge is 0.508 e. The molecule has 2 aromatic rings. The van der Waals surface area contributed by atoms with Gasteiger partial charge in [-0.15, -0.1) is 0 Å². The van der Waals surface area contributed by atoms with Crippen LogP contribution in [0.2, 0.25) is 0 Å². The predicted octanol–water partition coefficient (Wildman–Crippen LogP) is 2.69. The quantitative estimate of drug-likeness (QED) is 0.592. The van der Waals surface area contributed by atoms with Gasteiger partial charge in [-0.1, -0.05) is 18.2 Å². The van der Waals surface area contributed by atoms with Gasteiger partial charge in [-0.25, -0.2) is 4.79 Å². The predicted molar refractivity (Wildman–Crippen MR) is 76.5 cm³/mol. The molecule has 106 valence electrons. The first-order valence-electron chi connectivity index (χ1n) is 6.05. The third-order valence-electron chi connectivity index (χ3n) is 2.81.